The SMILES string of the molecule is CCOc1ncccc1C(=O)OC/C(O)=C(\C#N)c1nc2ccccc2[nH]1. The van der Waals surface area contributed by atoms with Crippen molar-refractivity contribution in [2.45, 2.75) is 6.92 Å². The molecule has 8 nitrogen and oxygen atoms in total. The zero-order chi connectivity index (χ0) is 19.2. The van der Waals surface area contributed by atoms with Gasteiger partial charge in [-0.3, -0.25) is 0 Å². The minimum absolute atomic E-state index is 0.102. The number of nitrogens with one attached hydrogen (secondary N) is 1. The highest BCUT2D eigenvalue weighted by molar-refractivity contribution is 5.92. The summed E-state index contributed by atoms with van der Waals surface area (Å²) in [5.74, 6) is -0.790. The molecule has 0 unspecified atom stereocenters. The fourth-order valence-electron chi connectivity index (χ4n) is 2.41. The number of allylic oxidation sites excluding steroid dienone is 1. The minimum atomic E-state index is -0.722. The van der Waals surface area contributed by atoms with Crippen molar-refractivity contribution in [2.24, 2.45) is 0 Å². The lowest BCUT2D eigenvalue weighted by Crippen LogP contribution is -2.11. The number of rotatable bonds is 6. The largest absolute Gasteiger partial charge is 0.507 e. The smallest absolute Gasteiger partial charge is 0.344 e. The van der Waals surface area contributed by atoms with Crippen LogP contribution < -0.4 is 4.74 Å². The quantitative estimate of drug-likeness (QED) is 0.392. The molecule has 8 heteroatoms. The first-order chi connectivity index (χ1) is 13.1. The Labute approximate surface area is 154 Å². The number of hydrogen-bond donors (Lipinski definition) is 2. The van der Waals surface area contributed by atoms with Crippen LogP contribution in [0, 0.1) is 11.3 Å². The number of aromatic nitrogens is 3. The highest BCUT2D eigenvalue weighted by Crippen LogP contribution is 2.20. The number of esters is 1. The molecule has 0 atom stereocenters. The summed E-state index contributed by atoms with van der Waals surface area (Å²) >= 11 is 0. The molecule has 0 fully saturated rings. The van der Waals surface area contributed by atoms with Crippen molar-refractivity contribution in [2.75, 3.05) is 13.2 Å². The van der Waals surface area contributed by atoms with Crippen molar-refractivity contribution in [3.05, 3.63) is 59.7 Å². The summed E-state index contributed by atoms with van der Waals surface area (Å²) in [5, 5.41) is 19.6. The third-order valence-electron chi connectivity index (χ3n) is 3.64. The molecule has 2 aromatic heterocycles. The van der Waals surface area contributed by atoms with Gasteiger partial charge in [-0.25, -0.2) is 14.8 Å². The van der Waals surface area contributed by atoms with Crippen LogP contribution in [0.2, 0.25) is 0 Å². The number of pyridine rings is 1. The van der Waals surface area contributed by atoms with Crippen molar-refractivity contribution in [3.63, 3.8) is 0 Å². The van der Waals surface area contributed by atoms with Crippen LogP contribution in [0.15, 0.2) is 48.4 Å². The van der Waals surface area contributed by atoms with Gasteiger partial charge in [0.05, 0.1) is 17.6 Å². The van der Waals surface area contributed by atoms with Crippen molar-refractivity contribution in [1.82, 2.24) is 15.0 Å². The molecule has 0 saturated heterocycles. The molecule has 0 aliphatic heterocycles. The Morgan fingerprint density at radius 1 is 1.30 bits per heavy atom. The van der Waals surface area contributed by atoms with Gasteiger partial charge in [-0.2, -0.15) is 5.26 Å². The van der Waals surface area contributed by atoms with Crippen LogP contribution in [-0.4, -0.2) is 39.2 Å². The number of benzene rings is 1. The van der Waals surface area contributed by atoms with Gasteiger partial charge in [-0.05, 0) is 31.2 Å². The predicted molar refractivity (Wildman–Crippen MR) is 96.9 cm³/mol. The van der Waals surface area contributed by atoms with E-state index in [1.54, 1.807) is 25.1 Å². The van der Waals surface area contributed by atoms with Crippen LogP contribution in [0.4, 0.5) is 0 Å². The Hall–Kier alpha value is -3.86. The van der Waals surface area contributed by atoms with Gasteiger partial charge in [-0.15, -0.1) is 0 Å². The average molecular weight is 364 g/mol. The highest BCUT2D eigenvalue weighted by atomic mass is 16.5. The van der Waals surface area contributed by atoms with Crippen LogP contribution in [0.3, 0.4) is 0 Å². The highest BCUT2D eigenvalue weighted by Gasteiger charge is 2.18. The van der Waals surface area contributed by atoms with E-state index in [2.05, 4.69) is 15.0 Å². The molecule has 0 spiro atoms. The maximum atomic E-state index is 12.3. The molecule has 1 aromatic carbocycles. The first-order valence-electron chi connectivity index (χ1n) is 8.16. The topological polar surface area (TPSA) is 121 Å². The fraction of sp³-hybridized carbons (Fsp3) is 0.158. The molecule has 136 valence electrons. The second-order valence-corrected chi connectivity index (χ2v) is 5.40. The molecule has 3 rings (SSSR count). The Bertz CT molecular complexity index is 1020. The summed E-state index contributed by atoms with van der Waals surface area (Å²) in [4.78, 5) is 23.4. The Kier molecular flexibility index (Phi) is 5.33. The summed E-state index contributed by atoms with van der Waals surface area (Å²) in [7, 11) is 0. The number of aromatic amines is 1. The third kappa shape index (κ3) is 3.88. The maximum Gasteiger partial charge on any atom is 0.344 e. The van der Waals surface area contributed by atoms with Crippen LogP contribution in [0.1, 0.15) is 23.1 Å². The number of ether oxygens (including phenoxy) is 2. The number of nitriles is 1. The van der Waals surface area contributed by atoms with E-state index in [9.17, 15) is 15.2 Å². The summed E-state index contributed by atoms with van der Waals surface area (Å²) in [6.07, 6.45) is 1.49. The molecule has 2 N–H and O–H groups in total. The third-order valence-corrected chi connectivity index (χ3v) is 3.64. The van der Waals surface area contributed by atoms with E-state index in [4.69, 9.17) is 9.47 Å². The maximum absolute atomic E-state index is 12.3. The summed E-state index contributed by atoms with van der Waals surface area (Å²) < 4.78 is 10.4. The van der Waals surface area contributed by atoms with Crippen LogP contribution in [0.5, 0.6) is 5.88 Å². The first kappa shape index (κ1) is 17.9. The molecule has 0 aliphatic rings. The molecule has 0 aliphatic carbocycles. The minimum Gasteiger partial charge on any atom is -0.507 e. The van der Waals surface area contributed by atoms with Gasteiger partial charge >= 0.3 is 5.97 Å². The average Bonchev–Trinajstić information content (AvgIpc) is 3.11. The lowest BCUT2D eigenvalue weighted by atomic mass is 10.2. The second kappa shape index (κ2) is 8.01. The molecule has 0 bridgehead atoms. The van der Waals surface area contributed by atoms with Gasteiger partial charge in [0.1, 0.15) is 23.8 Å². The number of carbonyl (C=O) groups is 1. The monoisotopic (exact) mass is 364 g/mol. The lowest BCUT2D eigenvalue weighted by molar-refractivity contribution is 0.0497. The normalized spacial score (nSPS) is 11.6. The van der Waals surface area contributed by atoms with E-state index in [1.807, 2.05) is 18.2 Å². The number of fused-ring (bicyclic) bond motifs is 1. The van der Waals surface area contributed by atoms with E-state index in [0.717, 1.165) is 5.52 Å². The van der Waals surface area contributed by atoms with Crippen molar-refractivity contribution in [1.29, 1.82) is 5.26 Å². The Morgan fingerprint density at radius 2 is 2.11 bits per heavy atom. The second-order valence-electron chi connectivity index (χ2n) is 5.40. The molecular weight excluding hydrogens is 348 g/mol. The number of nitrogens with zero attached hydrogens (tertiary/aromatic N) is 3. The lowest BCUT2D eigenvalue weighted by Gasteiger charge is -2.09. The van der Waals surface area contributed by atoms with E-state index < -0.39 is 18.3 Å². The number of H-pyrrole nitrogens is 1. The van der Waals surface area contributed by atoms with E-state index in [0.29, 0.717) is 12.1 Å². The molecule has 0 saturated carbocycles. The number of aliphatic hydroxyl groups is 1. The fourth-order valence-corrected chi connectivity index (χ4v) is 2.41. The van der Waals surface area contributed by atoms with Crippen LogP contribution >= 0.6 is 0 Å². The molecule has 3 aromatic rings. The number of aliphatic hydroxyl groups excluding tert-OH is 1. The van der Waals surface area contributed by atoms with Gasteiger partial charge in [0.15, 0.2) is 11.6 Å². The van der Waals surface area contributed by atoms with Crippen molar-refractivity contribution < 1.29 is 19.4 Å². The van der Waals surface area contributed by atoms with Gasteiger partial charge in [0.25, 0.3) is 0 Å². The Morgan fingerprint density at radius 3 is 2.85 bits per heavy atom. The van der Waals surface area contributed by atoms with Crippen LogP contribution in [-0.2, 0) is 4.74 Å². The first-order valence-corrected chi connectivity index (χ1v) is 8.16. The summed E-state index contributed by atoms with van der Waals surface area (Å²) in [6, 6.07) is 12.2. The predicted octanol–water partition coefficient (Wildman–Crippen LogP) is 3.01. The van der Waals surface area contributed by atoms with E-state index >= 15 is 0 Å². The summed E-state index contributed by atoms with van der Waals surface area (Å²) in [6.45, 7) is 1.62. The molecular formula is C19H16N4O4. The van der Waals surface area contributed by atoms with Gasteiger partial charge in [-0.1, -0.05) is 12.1 Å². The standard InChI is InChI=1S/C19H16N4O4/c1-2-26-18-12(6-5-9-21-18)19(25)27-11-16(24)13(10-20)17-22-14-7-3-4-8-15(14)23-17/h3-9,24H,2,11H2,1H3,(H,22,23)/b16-13-. The zero-order valence-electron chi connectivity index (χ0n) is 14.5. The number of carbonyl (C=O) groups excluding carboxylic acids is 1. The van der Waals surface area contributed by atoms with E-state index in [-0.39, 0.29) is 22.8 Å². The zero-order valence-corrected chi connectivity index (χ0v) is 14.5. The Balaban J connectivity index is 1.79. The summed E-state index contributed by atoms with van der Waals surface area (Å²) in [5.41, 5.74) is 1.41. The molecule has 27 heavy (non-hydrogen) atoms. The van der Waals surface area contributed by atoms with Crippen molar-refractivity contribution >= 4 is 22.6 Å². The van der Waals surface area contributed by atoms with Gasteiger partial charge in [0.2, 0.25) is 5.88 Å². The number of para-hydroxylation sites is 2. The number of imidazole rings is 1. The van der Waals surface area contributed by atoms with Gasteiger partial charge < -0.3 is 19.6 Å². The van der Waals surface area contributed by atoms with Crippen molar-refractivity contribution in [3.8, 4) is 11.9 Å². The van der Waals surface area contributed by atoms with E-state index in [1.165, 1.54) is 12.3 Å². The van der Waals surface area contributed by atoms with Crippen LogP contribution in [0.25, 0.3) is 16.6 Å². The molecule has 0 amide bonds. The number of hydrogen-bond acceptors (Lipinski definition) is 7. The molecule has 0 radical (unpaired) electrons. The molecule has 2 heterocycles. The van der Waals surface area contributed by atoms with Gasteiger partial charge in [0, 0.05) is 6.20 Å².